The lowest BCUT2D eigenvalue weighted by Crippen LogP contribution is -2.42. The van der Waals surface area contributed by atoms with Gasteiger partial charge in [-0.3, -0.25) is 14.4 Å². The van der Waals surface area contributed by atoms with E-state index in [0.29, 0.717) is 30.8 Å². The molecule has 0 saturated heterocycles. The van der Waals surface area contributed by atoms with Crippen LogP contribution in [0.5, 0.6) is 5.75 Å². The van der Waals surface area contributed by atoms with E-state index in [-0.39, 0.29) is 46.7 Å². The number of hydrogen-bond acceptors (Lipinski definition) is 7. The summed E-state index contributed by atoms with van der Waals surface area (Å²) in [5, 5.41) is 25.0. The average Bonchev–Trinajstić information content (AvgIpc) is 2.88. The predicted molar refractivity (Wildman–Crippen MR) is 145 cm³/mol. The molecule has 0 radical (unpaired) electrons. The molecule has 3 atom stereocenters. The summed E-state index contributed by atoms with van der Waals surface area (Å²) in [7, 11) is 1.86. The first-order chi connectivity index (χ1) is 18.3. The lowest BCUT2D eigenvalue weighted by molar-refractivity contribution is -0.125. The smallest absolute Gasteiger partial charge is 0.196 e. The zero-order valence-electron chi connectivity index (χ0n) is 22.0. The summed E-state index contributed by atoms with van der Waals surface area (Å²) in [6, 6.07) is 11.8. The van der Waals surface area contributed by atoms with Crippen molar-refractivity contribution in [3.8, 4) is 16.9 Å². The van der Waals surface area contributed by atoms with Crippen LogP contribution in [0.1, 0.15) is 55.5 Å². The number of allylic oxidation sites excluding steroid dienone is 4. The molecular weight excluding hydrogens is 482 g/mol. The van der Waals surface area contributed by atoms with Crippen molar-refractivity contribution < 1.29 is 29.3 Å². The minimum atomic E-state index is -0.997. The standard InChI is InChI=1S/C31H33NO6/c1-4-5-12-38-24-11-10-21(17-6-8-20(32-3)9-7-17)22-14-18-13-19-15-23(34)25(16(2)33)29(35)27(19)30(36)26(18)31(37)28(22)24/h6-11,18-19,27,32,34,36H,4-5,12-15H2,1-3H3. The molecule has 3 N–H and O–H groups in total. The molecule has 0 saturated carbocycles. The van der Waals surface area contributed by atoms with E-state index in [1.807, 2.05) is 43.4 Å². The summed E-state index contributed by atoms with van der Waals surface area (Å²) in [5.41, 5.74) is 4.15. The number of fused-ring (bicyclic) bond motifs is 3. The second-order valence-corrected chi connectivity index (χ2v) is 10.4. The number of rotatable bonds is 7. The van der Waals surface area contributed by atoms with Gasteiger partial charge < -0.3 is 20.3 Å². The summed E-state index contributed by atoms with van der Waals surface area (Å²) < 4.78 is 6.06. The molecule has 0 spiro atoms. The molecule has 7 nitrogen and oxygen atoms in total. The van der Waals surface area contributed by atoms with Gasteiger partial charge in [0.1, 0.15) is 17.3 Å². The van der Waals surface area contributed by atoms with E-state index < -0.39 is 17.5 Å². The Hall–Kier alpha value is -3.87. The van der Waals surface area contributed by atoms with Crippen molar-refractivity contribution in [1.29, 1.82) is 0 Å². The van der Waals surface area contributed by atoms with Gasteiger partial charge in [-0.15, -0.1) is 0 Å². The van der Waals surface area contributed by atoms with Gasteiger partial charge in [-0.2, -0.15) is 0 Å². The molecule has 7 heteroatoms. The van der Waals surface area contributed by atoms with Crippen LogP contribution in [0.25, 0.3) is 11.1 Å². The molecule has 3 aliphatic carbocycles. The number of aliphatic hydroxyl groups is 2. The molecule has 0 amide bonds. The Bertz CT molecular complexity index is 1380. The second-order valence-electron chi connectivity index (χ2n) is 10.4. The lowest BCUT2D eigenvalue weighted by Gasteiger charge is -2.41. The molecular formula is C31H33NO6. The quantitative estimate of drug-likeness (QED) is 0.318. The van der Waals surface area contributed by atoms with Crippen LogP contribution in [0, 0.1) is 17.8 Å². The third-order valence-corrected chi connectivity index (χ3v) is 8.10. The monoisotopic (exact) mass is 515 g/mol. The number of aliphatic hydroxyl groups excluding tert-OH is 2. The van der Waals surface area contributed by atoms with E-state index in [9.17, 15) is 24.6 Å². The van der Waals surface area contributed by atoms with Crippen molar-refractivity contribution >= 4 is 23.0 Å². The number of carbonyl (C=O) groups is 3. The Kier molecular flexibility index (Phi) is 6.86. The number of Topliss-reactive ketones (excluding diaryl/α,β-unsaturated/α-hetero) is 3. The minimum absolute atomic E-state index is 0.124. The summed E-state index contributed by atoms with van der Waals surface area (Å²) in [6.45, 7) is 3.76. The van der Waals surface area contributed by atoms with Gasteiger partial charge in [-0.25, -0.2) is 0 Å². The van der Waals surface area contributed by atoms with E-state index in [4.69, 9.17) is 4.74 Å². The highest BCUT2D eigenvalue weighted by molar-refractivity contribution is 6.22. The Labute approximate surface area is 222 Å². The topological polar surface area (TPSA) is 113 Å². The highest BCUT2D eigenvalue weighted by atomic mass is 16.5. The van der Waals surface area contributed by atoms with Crippen LogP contribution in [0.2, 0.25) is 0 Å². The Balaban J connectivity index is 1.63. The first-order valence-corrected chi connectivity index (χ1v) is 13.3. The van der Waals surface area contributed by atoms with Crippen molar-refractivity contribution in [3.05, 3.63) is 70.2 Å². The zero-order chi connectivity index (χ0) is 27.1. The number of ketones is 3. The van der Waals surface area contributed by atoms with Crippen molar-refractivity contribution in [2.75, 3.05) is 19.0 Å². The molecule has 5 rings (SSSR count). The first-order valence-electron chi connectivity index (χ1n) is 13.3. The SMILES string of the molecule is CCCCOc1ccc(-c2ccc(NC)cc2)c2c1C(=O)C1=C(O)C3C(=O)C(C(C)=O)=C(O)CC3CC1C2. The van der Waals surface area contributed by atoms with Crippen LogP contribution in [0.3, 0.4) is 0 Å². The van der Waals surface area contributed by atoms with Gasteiger partial charge >= 0.3 is 0 Å². The second kappa shape index (κ2) is 10.1. The molecule has 0 aromatic heterocycles. The van der Waals surface area contributed by atoms with E-state index in [1.54, 1.807) is 0 Å². The molecule has 38 heavy (non-hydrogen) atoms. The molecule has 198 valence electrons. The maximum Gasteiger partial charge on any atom is 0.196 e. The maximum absolute atomic E-state index is 14.1. The largest absolute Gasteiger partial charge is 0.511 e. The number of unbranched alkanes of at least 4 members (excludes halogenated alkanes) is 1. The van der Waals surface area contributed by atoms with Crippen LogP contribution in [-0.2, 0) is 16.0 Å². The molecule has 2 aromatic carbocycles. The lowest BCUT2D eigenvalue weighted by atomic mass is 9.62. The number of ether oxygens (including phenoxy) is 1. The molecule has 0 aliphatic heterocycles. The van der Waals surface area contributed by atoms with Gasteiger partial charge in [0.05, 0.1) is 23.7 Å². The first kappa shape index (κ1) is 25.8. The van der Waals surface area contributed by atoms with Crippen LogP contribution < -0.4 is 10.1 Å². The summed E-state index contributed by atoms with van der Waals surface area (Å²) >= 11 is 0. The predicted octanol–water partition coefficient (Wildman–Crippen LogP) is 5.75. The summed E-state index contributed by atoms with van der Waals surface area (Å²) in [4.78, 5) is 39.4. The highest BCUT2D eigenvalue weighted by Gasteiger charge is 2.50. The van der Waals surface area contributed by atoms with Crippen LogP contribution in [-0.4, -0.2) is 41.2 Å². The fourth-order valence-corrected chi connectivity index (χ4v) is 6.27. The van der Waals surface area contributed by atoms with Gasteiger partial charge in [0, 0.05) is 24.7 Å². The normalized spacial score (nSPS) is 22.6. The van der Waals surface area contributed by atoms with Crippen molar-refractivity contribution in [2.24, 2.45) is 17.8 Å². The van der Waals surface area contributed by atoms with Gasteiger partial charge in [0.2, 0.25) is 0 Å². The van der Waals surface area contributed by atoms with E-state index in [2.05, 4.69) is 12.2 Å². The third-order valence-electron chi connectivity index (χ3n) is 8.10. The summed E-state index contributed by atoms with van der Waals surface area (Å²) in [5.74, 6) is -3.16. The van der Waals surface area contributed by atoms with E-state index >= 15 is 0 Å². The van der Waals surface area contributed by atoms with E-state index in [1.165, 1.54) is 6.92 Å². The number of anilines is 1. The Morgan fingerprint density at radius 3 is 2.47 bits per heavy atom. The van der Waals surface area contributed by atoms with Gasteiger partial charge in [-0.1, -0.05) is 31.5 Å². The number of carbonyl (C=O) groups excluding carboxylic acids is 3. The Morgan fingerprint density at radius 2 is 1.82 bits per heavy atom. The third kappa shape index (κ3) is 4.20. The number of benzene rings is 2. The molecule has 2 aromatic rings. The van der Waals surface area contributed by atoms with Crippen molar-refractivity contribution in [1.82, 2.24) is 0 Å². The zero-order valence-corrected chi connectivity index (χ0v) is 22.0. The van der Waals surface area contributed by atoms with Crippen LogP contribution in [0.15, 0.2) is 59.1 Å². The summed E-state index contributed by atoms with van der Waals surface area (Å²) in [6.07, 6.45) is 2.86. The minimum Gasteiger partial charge on any atom is -0.511 e. The van der Waals surface area contributed by atoms with Gasteiger partial charge in [0.25, 0.3) is 0 Å². The molecule has 3 unspecified atom stereocenters. The van der Waals surface area contributed by atoms with E-state index in [0.717, 1.165) is 35.2 Å². The molecule has 0 bridgehead atoms. The number of nitrogens with one attached hydrogen (secondary N) is 1. The Morgan fingerprint density at radius 1 is 1.08 bits per heavy atom. The van der Waals surface area contributed by atoms with Gasteiger partial charge in [-0.05, 0) is 72.9 Å². The van der Waals surface area contributed by atoms with Crippen molar-refractivity contribution in [2.45, 2.75) is 46.0 Å². The fourth-order valence-electron chi connectivity index (χ4n) is 6.27. The fraction of sp³-hybridized carbons (Fsp3) is 0.387. The molecule has 0 heterocycles. The van der Waals surface area contributed by atoms with Crippen molar-refractivity contribution in [3.63, 3.8) is 0 Å². The van der Waals surface area contributed by atoms with Crippen LogP contribution in [0.4, 0.5) is 5.69 Å². The number of hydrogen-bond donors (Lipinski definition) is 3. The average molecular weight is 516 g/mol. The molecule has 0 fully saturated rings. The maximum atomic E-state index is 14.1. The van der Waals surface area contributed by atoms with Crippen LogP contribution >= 0.6 is 0 Å². The van der Waals surface area contributed by atoms with Gasteiger partial charge in [0.15, 0.2) is 17.3 Å². The highest BCUT2D eigenvalue weighted by Crippen LogP contribution is 2.51. The molecule has 3 aliphatic rings.